The molecule has 0 unspecified atom stereocenters. The van der Waals surface area contributed by atoms with Crippen LogP contribution >= 0.6 is 0 Å². The van der Waals surface area contributed by atoms with Crippen LogP contribution in [0.15, 0.2) is 97.3 Å². The smallest absolute Gasteiger partial charge is 0.342 e. The van der Waals surface area contributed by atoms with Crippen LogP contribution < -0.4 is 16.6 Å². The van der Waals surface area contributed by atoms with Crippen molar-refractivity contribution in [3.05, 3.63) is 116 Å². The summed E-state index contributed by atoms with van der Waals surface area (Å²) in [6.07, 6.45) is 0. The molecule has 144 valence electrons. The molecule has 0 bridgehead atoms. The third kappa shape index (κ3) is 2.29. The molecule has 30 heavy (non-hydrogen) atoms. The van der Waals surface area contributed by atoms with Crippen LogP contribution in [0, 0.1) is 0 Å². The maximum Gasteiger partial charge on any atom is 0.342 e. The molecule has 0 amide bonds. The summed E-state index contributed by atoms with van der Waals surface area (Å²) in [6.45, 7) is 0. The molecule has 0 saturated heterocycles. The summed E-state index contributed by atoms with van der Waals surface area (Å²) in [6, 6.07) is 24.3. The molecule has 1 aliphatic rings. The van der Waals surface area contributed by atoms with E-state index in [1.165, 1.54) is 0 Å². The molecular weight excluding hydrogens is 378 g/mol. The number of fused-ring (bicyclic) bond motifs is 6. The second kappa shape index (κ2) is 6.19. The fourth-order valence-electron chi connectivity index (χ4n) is 4.37. The van der Waals surface area contributed by atoms with Gasteiger partial charge in [0.25, 0.3) is 0 Å². The Morgan fingerprint density at radius 3 is 1.60 bits per heavy atom. The van der Waals surface area contributed by atoms with Crippen LogP contribution in [0.3, 0.4) is 0 Å². The number of nitrogens with one attached hydrogen (secondary N) is 1. The van der Waals surface area contributed by atoms with Crippen LogP contribution in [0.5, 0.6) is 0 Å². The van der Waals surface area contributed by atoms with Gasteiger partial charge in [-0.25, -0.2) is 9.59 Å². The summed E-state index contributed by atoms with van der Waals surface area (Å²) in [7, 11) is 0. The van der Waals surface area contributed by atoms with Gasteiger partial charge in [-0.05, 0) is 29.8 Å². The lowest BCUT2D eigenvalue weighted by molar-refractivity contribution is 0.535. The number of hydrogen-bond donors (Lipinski definition) is 1. The molecule has 3 heterocycles. The van der Waals surface area contributed by atoms with Crippen molar-refractivity contribution in [1.29, 1.82) is 0 Å². The van der Waals surface area contributed by atoms with Gasteiger partial charge in [-0.3, -0.25) is 0 Å². The van der Waals surface area contributed by atoms with E-state index in [1.807, 2.05) is 66.7 Å². The average molecular weight is 393 g/mol. The third-order valence-electron chi connectivity index (χ3n) is 5.66. The Morgan fingerprint density at radius 1 is 0.600 bits per heavy atom. The Morgan fingerprint density at radius 2 is 1.07 bits per heavy atom. The standard InChI is InChI=1S/C25H15NO4/c27-24-20-19(14-8-2-1-3-9-14)21-23(16-11-5-7-13-18(16)30-25(21)28)26-22(20)15-10-4-6-12-17(15)29-24/h1-13,19,26H. The van der Waals surface area contributed by atoms with Crippen molar-refractivity contribution in [2.24, 2.45) is 0 Å². The van der Waals surface area contributed by atoms with Crippen molar-refractivity contribution in [3.63, 3.8) is 0 Å². The molecule has 5 aromatic rings. The van der Waals surface area contributed by atoms with Crippen LogP contribution in [0.25, 0.3) is 21.9 Å². The molecule has 0 aliphatic carbocycles. The Kier molecular flexibility index (Phi) is 3.47. The molecule has 0 atom stereocenters. The molecule has 3 aromatic carbocycles. The van der Waals surface area contributed by atoms with Gasteiger partial charge in [0.2, 0.25) is 0 Å². The van der Waals surface area contributed by atoms with Gasteiger partial charge >= 0.3 is 11.3 Å². The summed E-state index contributed by atoms with van der Waals surface area (Å²) < 4.78 is 11.3. The summed E-state index contributed by atoms with van der Waals surface area (Å²) in [5.41, 5.74) is 3.04. The van der Waals surface area contributed by atoms with E-state index in [2.05, 4.69) is 5.32 Å². The average Bonchev–Trinajstić information content (AvgIpc) is 2.78. The van der Waals surface area contributed by atoms with Crippen molar-refractivity contribution in [2.45, 2.75) is 5.92 Å². The number of hydrogen-bond acceptors (Lipinski definition) is 5. The van der Waals surface area contributed by atoms with E-state index in [-0.39, 0.29) is 0 Å². The highest BCUT2D eigenvalue weighted by Crippen LogP contribution is 2.46. The molecule has 1 aliphatic heterocycles. The van der Waals surface area contributed by atoms with Gasteiger partial charge in [0.05, 0.1) is 28.4 Å². The van der Waals surface area contributed by atoms with Crippen LogP contribution in [0.1, 0.15) is 22.6 Å². The van der Waals surface area contributed by atoms with Crippen LogP contribution in [0.4, 0.5) is 11.4 Å². The first-order valence-corrected chi connectivity index (χ1v) is 9.66. The molecule has 0 radical (unpaired) electrons. The minimum absolute atomic E-state index is 0.412. The Bertz CT molecular complexity index is 1460. The lowest BCUT2D eigenvalue weighted by Gasteiger charge is -2.29. The predicted molar refractivity (Wildman–Crippen MR) is 116 cm³/mol. The van der Waals surface area contributed by atoms with E-state index < -0.39 is 17.2 Å². The van der Waals surface area contributed by atoms with E-state index >= 15 is 0 Å². The normalized spacial score (nSPS) is 13.1. The zero-order valence-corrected chi connectivity index (χ0v) is 15.7. The van der Waals surface area contributed by atoms with Crippen molar-refractivity contribution in [3.8, 4) is 0 Å². The molecule has 1 N–H and O–H groups in total. The van der Waals surface area contributed by atoms with Crippen LogP contribution in [-0.2, 0) is 0 Å². The van der Waals surface area contributed by atoms with Crippen molar-refractivity contribution in [1.82, 2.24) is 0 Å². The van der Waals surface area contributed by atoms with Gasteiger partial charge in [0.15, 0.2) is 0 Å². The van der Waals surface area contributed by atoms with E-state index in [0.29, 0.717) is 33.7 Å². The highest BCUT2D eigenvalue weighted by atomic mass is 16.4. The SMILES string of the molecule is O=c1oc2ccccc2c2c1C(c1ccccc1)c1c(c3ccccc3oc1=O)N2. The molecule has 5 nitrogen and oxygen atoms in total. The van der Waals surface area contributed by atoms with Gasteiger partial charge in [0, 0.05) is 10.8 Å². The molecule has 0 fully saturated rings. The highest BCUT2D eigenvalue weighted by molar-refractivity contribution is 6.02. The minimum Gasteiger partial charge on any atom is -0.422 e. The quantitative estimate of drug-likeness (QED) is 0.392. The fourth-order valence-corrected chi connectivity index (χ4v) is 4.37. The summed E-state index contributed by atoms with van der Waals surface area (Å²) >= 11 is 0. The number of para-hydroxylation sites is 2. The van der Waals surface area contributed by atoms with Crippen LogP contribution in [0.2, 0.25) is 0 Å². The second-order valence-corrected chi connectivity index (χ2v) is 7.32. The third-order valence-corrected chi connectivity index (χ3v) is 5.66. The first-order chi connectivity index (χ1) is 14.7. The Labute approximate surface area is 170 Å². The van der Waals surface area contributed by atoms with E-state index in [4.69, 9.17) is 8.83 Å². The minimum atomic E-state index is -0.598. The van der Waals surface area contributed by atoms with Crippen LogP contribution in [-0.4, -0.2) is 0 Å². The zero-order chi connectivity index (χ0) is 20.2. The summed E-state index contributed by atoms with van der Waals surface area (Å²) in [4.78, 5) is 26.2. The summed E-state index contributed by atoms with van der Waals surface area (Å²) in [5.74, 6) is -0.598. The van der Waals surface area contributed by atoms with Crippen molar-refractivity contribution < 1.29 is 8.83 Å². The highest BCUT2D eigenvalue weighted by Gasteiger charge is 2.36. The molecule has 5 heteroatoms. The molecule has 6 rings (SSSR count). The lowest BCUT2D eigenvalue weighted by Crippen LogP contribution is -2.27. The molecule has 2 aromatic heterocycles. The Hall–Kier alpha value is -4.12. The zero-order valence-electron chi connectivity index (χ0n) is 15.7. The van der Waals surface area contributed by atoms with Crippen molar-refractivity contribution in [2.75, 3.05) is 5.32 Å². The number of anilines is 2. The topological polar surface area (TPSA) is 72.5 Å². The van der Waals surface area contributed by atoms with Crippen molar-refractivity contribution >= 4 is 33.3 Å². The molecular formula is C25H15NO4. The summed E-state index contributed by atoms with van der Waals surface area (Å²) in [5, 5.41) is 4.96. The predicted octanol–water partition coefficient (Wildman–Crippen LogP) is 5.14. The van der Waals surface area contributed by atoms with Gasteiger partial charge in [-0.2, -0.15) is 0 Å². The van der Waals surface area contributed by atoms with Gasteiger partial charge < -0.3 is 14.2 Å². The van der Waals surface area contributed by atoms with Gasteiger partial charge in [-0.15, -0.1) is 0 Å². The lowest BCUT2D eigenvalue weighted by atomic mass is 9.81. The first kappa shape index (κ1) is 16.8. The van der Waals surface area contributed by atoms with Gasteiger partial charge in [-0.1, -0.05) is 54.6 Å². The molecule has 0 saturated carbocycles. The van der Waals surface area contributed by atoms with E-state index in [0.717, 1.165) is 16.3 Å². The second-order valence-electron chi connectivity index (χ2n) is 7.32. The molecule has 0 spiro atoms. The number of rotatable bonds is 1. The van der Waals surface area contributed by atoms with Gasteiger partial charge in [0.1, 0.15) is 11.2 Å². The Balaban J connectivity index is 1.81. The largest absolute Gasteiger partial charge is 0.422 e. The maximum atomic E-state index is 13.1. The monoisotopic (exact) mass is 393 g/mol. The first-order valence-electron chi connectivity index (χ1n) is 9.66. The fraction of sp³-hybridized carbons (Fsp3) is 0.0400. The number of benzene rings is 3. The van der Waals surface area contributed by atoms with E-state index in [1.54, 1.807) is 12.1 Å². The van der Waals surface area contributed by atoms with E-state index in [9.17, 15) is 9.59 Å². The maximum absolute atomic E-state index is 13.1.